The highest BCUT2D eigenvalue weighted by atomic mass is 79.9. The van der Waals surface area contributed by atoms with Gasteiger partial charge in [0.05, 0.1) is 0 Å². The maximum atomic E-state index is 13.2. The number of nitrogens with one attached hydrogen (secondary N) is 1. The van der Waals surface area contributed by atoms with E-state index < -0.39 is 4.57 Å². The maximum absolute atomic E-state index is 13.2. The van der Waals surface area contributed by atoms with Crippen LogP contribution in [0.4, 0.5) is 4.39 Å². The van der Waals surface area contributed by atoms with E-state index in [0.29, 0.717) is 13.0 Å². The van der Waals surface area contributed by atoms with Gasteiger partial charge >= 0.3 is 0 Å². The third-order valence-corrected chi connectivity index (χ3v) is 3.96. The summed E-state index contributed by atoms with van der Waals surface area (Å²) in [5, 5.41) is 3.20. The van der Waals surface area contributed by atoms with Gasteiger partial charge < -0.3 is 16.0 Å². The average molecular weight is 356 g/mol. The van der Waals surface area contributed by atoms with Crippen LogP contribution in [0.1, 0.15) is 5.56 Å². The van der Waals surface area contributed by atoms with Gasteiger partial charge in [0.25, 0.3) is 0 Å². The van der Waals surface area contributed by atoms with Gasteiger partial charge in [0, 0.05) is 12.7 Å². The minimum atomic E-state index is -0.638. The summed E-state index contributed by atoms with van der Waals surface area (Å²) in [5.74, 6) is -0.219. The topological polar surface area (TPSA) is 41.3 Å². The second-order valence-corrected chi connectivity index (χ2v) is 6.09. The van der Waals surface area contributed by atoms with Crippen molar-refractivity contribution in [3.05, 3.63) is 60.1 Å². The Labute approximate surface area is 131 Å². The second kappa shape index (κ2) is 6.37. The molecule has 2 rings (SSSR count). The molecule has 0 saturated carbocycles. The molecule has 1 aliphatic rings. The van der Waals surface area contributed by atoms with Crippen LogP contribution in [0.15, 0.2) is 48.7 Å². The van der Waals surface area contributed by atoms with E-state index in [-0.39, 0.29) is 10.9 Å². The Bertz CT molecular complexity index is 561. The number of thiocarbonyl (C=S) groups is 1. The van der Waals surface area contributed by atoms with Crippen molar-refractivity contribution in [1.82, 2.24) is 10.2 Å². The van der Waals surface area contributed by atoms with Crippen molar-refractivity contribution in [3.63, 3.8) is 0 Å². The molecule has 6 heteroatoms. The molecule has 0 aromatic heterocycles. The van der Waals surface area contributed by atoms with Gasteiger partial charge in [-0.1, -0.05) is 18.2 Å². The first kappa shape index (κ1) is 15.0. The SMILES string of the molecule is NC(=S)NC1(Br)C=CC=CN1CCc1cccc(F)c1. The molecule has 1 unspecified atom stereocenters. The van der Waals surface area contributed by atoms with E-state index in [9.17, 15) is 4.39 Å². The van der Waals surface area contributed by atoms with Crippen LogP contribution in [-0.4, -0.2) is 21.1 Å². The Hall–Kier alpha value is -1.40. The van der Waals surface area contributed by atoms with Crippen molar-refractivity contribution in [1.29, 1.82) is 0 Å². The molecule has 1 heterocycles. The lowest BCUT2D eigenvalue weighted by molar-refractivity contribution is 0.278. The van der Waals surface area contributed by atoms with E-state index in [1.54, 1.807) is 12.1 Å². The monoisotopic (exact) mass is 355 g/mol. The number of hydrogen-bond donors (Lipinski definition) is 2. The van der Waals surface area contributed by atoms with Gasteiger partial charge in [-0.25, -0.2) is 4.39 Å². The van der Waals surface area contributed by atoms with E-state index in [1.165, 1.54) is 6.07 Å². The molecule has 1 aromatic rings. The van der Waals surface area contributed by atoms with Gasteiger partial charge in [-0.3, -0.25) is 0 Å². The minimum absolute atomic E-state index is 0.206. The zero-order valence-corrected chi connectivity index (χ0v) is 13.1. The summed E-state index contributed by atoms with van der Waals surface area (Å²) in [7, 11) is 0. The van der Waals surface area contributed by atoms with Crippen LogP contribution in [0, 0.1) is 5.82 Å². The highest BCUT2D eigenvalue weighted by Crippen LogP contribution is 2.26. The quantitative estimate of drug-likeness (QED) is 0.495. The van der Waals surface area contributed by atoms with Crippen molar-refractivity contribution >= 4 is 33.3 Å². The van der Waals surface area contributed by atoms with Crippen LogP contribution in [-0.2, 0) is 6.42 Å². The zero-order valence-electron chi connectivity index (χ0n) is 10.7. The normalized spacial score (nSPS) is 21.0. The Morgan fingerprint density at radius 2 is 2.25 bits per heavy atom. The van der Waals surface area contributed by atoms with E-state index in [2.05, 4.69) is 21.2 Å². The summed E-state index contributed by atoms with van der Waals surface area (Å²) in [6.45, 7) is 0.686. The second-order valence-electron chi connectivity index (χ2n) is 4.44. The molecule has 3 nitrogen and oxygen atoms in total. The molecule has 0 fully saturated rings. The lowest BCUT2D eigenvalue weighted by Gasteiger charge is -2.39. The summed E-state index contributed by atoms with van der Waals surface area (Å²) in [4.78, 5) is 2.01. The van der Waals surface area contributed by atoms with Crippen molar-refractivity contribution in [2.75, 3.05) is 6.54 Å². The first-order valence-electron chi connectivity index (χ1n) is 6.13. The van der Waals surface area contributed by atoms with Gasteiger partial charge in [0.1, 0.15) is 5.82 Å². The van der Waals surface area contributed by atoms with Crippen LogP contribution in [0.5, 0.6) is 0 Å². The van der Waals surface area contributed by atoms with E-state index in [4.69, 9.17) is 18.0 Å². The Morgan fingerprint density at radius 3 is 2.95 bits per heavy atom. The molecule has 3 N–H and O–H groups in total. The number of hydrogen-bond acceptors (Lipinski definition) is 2. The standard InChI is InChI=1S/C14H15BrFN3S/c15-14(18-13(17)20)7-1-2-8-19(14)9-6-11-4-3-5-12(16)10-11/h1-5,7-8,10H,6,9H2,(H3,17,18,20). The molecule has 1 atom stereocenters. The van der Waals surface area contributed by atoms with E-state index >= 15 is 0 Å². The number of nitrogens with two attached hydrogens (primary N) is 1. The molecule has 0 radical (unpaired) electrons. The third-order valence-electron chi connectivity index (χ3n) is 2.94. The largest absolute Gasteiger partial charge is 0.376 e. The molecule has 1 aromatic carbocycles. The highest BCUT2D eigenvalue weighted by molar-refractivity contribution is 9.10. The smallest absolute Gasteiger partial charge is 0.189 e. The van der Waals surface area contributed by atoms with Crippen molar-refractivity contribution in [2.24, 2.45) is 5.73 Å². The van der Waals surface area contributed by atoms with Gasteiger partial charge in [0.2, 0.25) is 0 Å². The fraction of sp³-hybridized carbons (Fsp3) is 0.214. The predicted molar refractivity (Wildman–Crippen MR) is 86.7 cm³/mol. The van der Waals surface area contributed by atoms with Crippen molar-refractivity contribution in [2.45, 2.75) is 11.0 Å². The molecular formula is C14H15BrFN3S. The number of halogens is 2. The van der Waals surface area contributed by atoms with Crippen LogP contribution in [0.2, 0.25) is 0 Å². The Morgan fingerprint density at radius 1 is 1.45 bits per heavy atom. The van der Waals surface area contributed by atoms with Crippen molar-refractivity contribution in [3.8, 4) is 0 Å². The lowest BCUT2D eigenvalue weighted by Crippen LogP contribution is -2.55. The zero-order chi connectivity index (χ0) is 14.6. The lowest BCUT2D eigenvalue weighted by atomic mass is 10.1. The average Bonchev–Trinajstić information content (AvgIpc) is 2.36. The molecule has 20 heavy (non-hydrogen) atoms. The maximum Gasteiger partial charge on any atom is 0.189 e. The molecule has 1 aliphatic heterocycles. The van der Waals surface area contributed by atoms with Gasteiger partial charge in [-0.15, -0.1) is 0 Å². The molecule has 0 saturated heterocycles. The molecule has 0 aliphatic carbocycles. The van der Waals surface area contributed by atoms with Crippen LogP contribution in [0.25, 0.3) is 0 Å². The summed E-state index contributed by atoms with van der Waals surface area (Å²) in [6.07, 6.45) is 8.38. The third kappa shape index (κ3) is 3.80. The summed E-state index contributed by atoms with van der Waals surface area (Å²) < 4.78 is 12.5. The summed E-state index contributed by atoms with van der Waals surface area (Å²) in [5.41, 5.74) is 6.50. The Balaban J connectivity index is 2.05. The summed E-state index contributed by atoms with van der Waals surface area (Å²) in [6, 6.07) is 6.60. The van der Waals surface area contributed by atoms with Crippen LogP contribution in [0.3, 0.4) is 0 Å². The van der Waals surface area contributed by atoms with Crippen molar-refractivity contribution < 1.29 is 4.39 Å². The first-order chi connectivity index (χ1) is 9.49. The fourth-order valence-electron chi connectivity index (χ4n) is 2.01. The van der Waals surface area contributed by atoms with Crippen LogP contribution < -0.4 is 11.1 Å². The van der Waals surface area contributed by atoms with E-state index in [1.807, 2.05) is 35.4 Å². The number of rotatable bonds is 4. The highest BCUT2D eigenvalue weighted by Gasteiger charge is 2.30. The van der Waals surface area contributed by atoms with Gasteiger partial charge in [-0.2, -0.15) is 0 Å². The number of allylic oxidation sites excluding steroid dienone is 2. The van der Waals surface area contributed by atoms with Gasteiger partial charge in [-0.05, 0) is 64.4 Å². The minimum Gasteiger partial charge on any atom is -0.376 e. The fourth-order valence-corrected chi connectivity index (χ4v) is 2.95. The Kier molecular flexibility index (Phi) is 4.77. The molecule has 106 valence electrons. The van der Waals surface area contributed by atoms with Crippen LogP contribution >= 0.6 is 28.1 Å². The molecule has 0 spiro atoms. The molecule has 0 amide bonds. The predicted octanol–water partition coefficient (Wildman–Crippen LogP) is 2.64. The summed E-state index contributed by atoms with van der Waals surface area (Å²) >= 11 is 8.48. The molecular weight excluding hydrogens is 341 g/mol. The van der Waals surface area contributed by atoms with E-state index in [0.717, 1.165) is 5.56 Å². The number of nitrogens with zero attached hydrogens (tertiary/aromatic N) is 1. The van der Waals surface area contributed by atoms with Gasteiger partial charge in [0.15, 0.2) is 9.68 Å². The number of alkyl halides is 1. The molecule has 0 bridgehead atoms. The first-order valence-corrected chi connectivity index (χ1v) is 7.33. The number of benzene rings is 1.